The summed E-state index contributed by atoms with van der Waals surface area (Å²) in [6.07, 6.45) is 1.66. The Balaban J connectivity index is 1.73. The van der Waals surface area contributed by atoms with Gasteiger partial charge >= 0.3 is 0 Å². The van der Waals surface area contributed by atoms with Gasteiger partial charge in [-0.05, 0) is 43.2 Å². The molecule has 2 aromatic heterocycles. The van der Waals surface area contributed by atoms with Gasteiger partial charge in [0.25, 0.3) is 11.5 Å². The highest BCUT2D eigenvalue weighted by molar-refractivity contribution is 5.97. The number of hydrogen-bond donors (Lipinski definition) is 1. The Labute approximate surface area is 175 Å². The van der Waals surface area contributed by atoms with Gasteiger partial charge in [0.15, 0.2) is 0 Å². The first-order valence-electron chi connectivity index (χ1n) is 9.93. The van der Waals surface area contributed by atoms with Crippen molar-refractivity contribution in [2.24, 2.45) is 0 Å². The van der Waals surface area contributed by atoms with Crippen molar-refractivity contribution in [3.8, 4) is 0 Å². The van der Waals surface area contributed by atoms with E-state index in [4.69, 9.17) is 0 Å². The molecule has 150 valence electrons. The van der Waals surface area contributed by atoms with E-state index in [1.807, 2.05) is 74.5 Å². The molecule has 30 heavy (non-hydrogen) atoms. The van der Waals surface area contributed by atoms with E-state index in [2.05, 4.69) is 10.3 Å². The molecule has 1 atom stereocenters. The van der Waals surface area contributed by atoms with Gasteiger partial charge in [0.2, 0.25) is 0 Å². The molecule has 4 aromatic rings. The maximum atomic E-state index is 13.3. The monoisotopic (exact) mass is 397 g/mol. The molecule has 1 N–H and O–H groups in total. The van der Waals surface area contributed by atoms with Gasteiger partial charge in [0, 0.05) is 11.6 Å². The number of pyridine rings is 2. The maximum absolute atomic E-state index is 13.3. The standard InChI is InChI=1S/C25H23N3O2/c1-17-10-12-19(13-11-17)16-28-23-21(9-6-14-26-23)15-22(25(28)30)24(29)27-18(2)20-7-4-3-5-8-20/h3-15,18H,16H2,1-2H3,(H,27,29)/t18-/m0/s1. The van der Waals surface area contributed by atoms with Crippen LogP contribution in [0.25, 0.3) is 11.0 Å². The summed E-state index contributed by atoms with van der Waals surface area (Å²) in [5, 5.41) is 3.70. The van der Waals surface area contributed by atoms with Crippen molar-refractivity contribution in [3.05, 3.63) is 112 Å². The fourth-order valence-corrected chi connectivity index (χ4v) is 3.49. The number of carbonyl (C=O) groups excluding carboxylic acids is 1. The Hall–Kier alpha value is -3.73. The second kappa shape index (κ2) is 8.33. The number of benzene rings is 2. The summed E-state index contributed by atoms with van der Waals surface area (Å²) < 4.78 is 1.57. The molecule has 0 radical (unpaired) electrons. The van der Waals surface area contributed by atoms with Crippen LogP contribution in [0, 0.1) is 6.92 Å². The Morgan fingerprint density at radius 2 is 1.77 bits per heavy atom. The van der Waals surface area contributed by atoms with Crippen LogP contribution in [0.4, 0.5) is 0 Å². The van der Waals surface area contributed by atoms with Crippen molar-refractivity contribution >= 4 is 16.9 Å². The topological polar surface area (TPSA) is 64.0 Å². The van der Waals surface area contributed by atoms with Crippen molar-refractivity contribution in [3.63, 3.8) is 0 Å². The van der Waals surface area contributed by atoms with E-state index < -0.39 is 0 Å². The van der Waals surface area contributed by atoms with Crippen molar-refractivity contribution in [1.29, 1.82) is 0 Å². The van der Waals surface area contributed by atoms with Crippen LogP contribution in [0.5, 0.6) is 0 Å². The van der Waals surface area contributed by atoms with Crippen LogP contribution < -0.4 is 10.9 Å². The number of rotatable bonds is 5. The molecular formula is C25H23N3O2. The van der Waals surface area contributed by atoms with E-state index in [0.29, 0.717) is 12.2 Å². The van der Waals surface area contributed by atoms with Crippen LogP contribution in [-0.4, -0.2) is 15.5 Å². The molecule has 0 saturated carbocycles. The van der Waals surface area contributed by atoms with E-state index in [1.54, 1.807) is 22.9 Å². The molecule has 0 aliphatic rings. The zero-order chi connectivity index (χ0) is 21.1. The van der Waals surface area contributed by atoms with E-state index in [1.165, 1.54) is 0 Å². The fourth-order valence-electron chi connectivity index (χ4n) is 3.49. The summed E-state index contributed by atoms with van der Waals surface area (Å²) in [4.78, 5) is 30.7. The van der Waals surface area contributed by atoms with E-state index in [9.17, 15) is 9.59 Å². The third-order valence-electron chi connectivity index (χ3n) is 5.20. The summed E-state index contributed by atoms with van der Waals surface area (Å²) in [6, 6.07) is 22.7. The second-order valence-corrected chi connectivity index (χ2v) is 7.46. The molecule has 0 saturated heterocycles. The molecule has 4 rings (SSSR count). The van der Waals surface area contributed by atoms with Gasteiger partial charge in [-0.3, -0.25) is 14.2 Å². The highest BCUT2D eigenvalue weighted by Crippen LogP contribution is 2.15. The van der Waals surface area contributed by atoms with Gasteiger partial charge in [-0.15, -0.1) is 0 Å². The normalized spacial score (nSPS) is 11.9. The third kappa shape index (κ3) is 4.01. The molecule has 5 nitrogen and oxygen atoms in total. The number of hydrogen-bond acceptors (Lipinski definition) is 3. The number of nitrogens with one attached hydrogen (secondary N) is 1. The molecule has 1 amide bonds. The number of amides is 1. The van der Waals surface area contributed by atoms with Crippen LogP contribution in [-0.2, 0) is 6.54 Å². The van der Waals surface area contributed by atoms with Crippen LogP contribution in [0.2, 0.25) is 0 Å². The summed E-state index contributed by atoms with van der Waals surface area (Å²) in [7, 11) is 0. The smallest absolute Gasteiger partial charge is 0.265 e. The lowest BCUT2D eigenvalue weighted by Gasteiger charge is -2.16. The summed E-state index contributed by atoms with van der Waals surface area (Å²) in [5.74, 6) is -0.389. The van der Waals surface area contributed by atoms with Crippen LogP contribution >= 0.6 is 0 Å². The van der Waals surface area contributed by atoms with Crippen LogP contribution in [0.1, 0.15) is 40.0 Å². The number of fused-ring (bicyclic) bond motifs is 1. The van der Waals surface area contributed by atoms with Gasteiger partial charge in [0.05, 0.1) is 12.6 Å². The number of aryl methyl sites for hydroxylation is 1. The minimum atomic E-state index is -0.389. The molecule has 0 spiro atoms. The minimum Gasteiger partial charge on any atom is -0.345 e. The number of nitrogens with zero attached hydrogens (tertiary/aromatic N) is 2. The van der Waals surface area contributed by atoms with E-state index >= 15 is 0 Å². The maximum Gasteiger partial charge on any atom is 0.265 e. The Morgan fingerprint density at radius 3 is 2.50 bits per heavy atom. The molecule has 0 aliphatic carbocycles. The van der Waals surface area contributed by atoms with Crippen molar-refractivity contribution in [2.75, 3.05) is 0 Å². The quantitative estimate of drug-likeness (QED) is 0.548. The zero-order valence-corrected chi connectivity index (χ0v) is 17.0. The third-order valence-corrected chi connectivity index (χ3v) is 5.20. The second-order valence-electron chi connectivity index (χ2n) is 7.46. The molecule has 0 aliphatic heterocycles. The Morgan fingerprint density at radius 1 is 1.03 bits per heavy atom. The number of carbonyl (C=O) groups is 1. The van der Waals surface area contributed by atoms with Crippen molar-refractivity contribution in [1.82, 2.24) is 14.9 Å². The lowest BCUT2D eigenvalue weighted by Crippen LogP contribution is -2.35. The van der Waals surface area contributed by atoms with Crippen molar-refractivity contribution < 1.29 is 4.79 Å². The number of aromatic nitrogens is 2. The Bertz CT molecular complexity index is 1250. The summed E-state index contributed by atoms with van der Waals surface area (Å²) in [5.41, 5.74) is 3.44. The minimum absolute atomic E-state index is 0.116. The highest BCUT2D eigenvalue weighted by Gasteiger charge is 2.18. The van der Waals surface area contributed by atoms with Crippen molar-refractivity contribution in [2.45, 2.75) is 26.4 Å². The predicted octanol–water partition coefficient (Wildman–Crippen LogP) is 4.24. The predicted molar refractivity (Wildman–Crippen MR) is 119 cm³/mol. The first-order chi connectivity index (χ1) is 14.5. The van der Waals surface area contributed by atoms with Crippen LogP contribution in [0.15, 0.2) is 83.8 Å². The van der Waals surface area contributed by atoms with Gasteiger partial charge in [0.1, 0.15) is 11.2 Å². The summed E-state index contributed by atoms with van der Waals surface area (Å²) in [6.45, 7) is 4.27. The summed E-state index contributed by atoms with van der Waals surface area (Å²) >= 11 is 0. The zero-order valence-electron chi connectivity index (χ0n) is 17.0. The SMILES string of the molecule is Cc1ccc(Cn2c(=O)c(C(=O)N[C@@H](C)c3ccccc3)cc3cccnc32)cc1. The molecule has 0 fully saturated rings. The van der Waals surface area contributed by atoms with Gasteiger partial charge in [-0.1, -0.05) is 60.2 Å². The molecule has 5 heteroatoms. The molecule has 0 bridgehead atoms. The van der Waals surface area contributed by atoms with Gasteiger partial charge in [-0.25, -0.2) is 4.98 Å². The average Bonchev–Trinajstić information content (AvgIpc) is 2.77. The molecular weight excluding hydrogens is 374 g/mol. The largest absolute Gasteiger partial charge is 0.345 e. The first-order valence-corrected chi connectivity index (χ1v) is 9.93. The molecule has 0 unspecified atom stereocenters. The lowest BCUT2D eigenvalue weighted by molar-refractivity contribution is 0.0938. The van der Waals surface area contributed by atoms with Gasteiger partial charge < -0.3 is 5.32 Å². The van der Waals surface area contributed by atoms with E-state index in [-0.39, 0.29) is 23.1 Å². The lowest BCUT2D eigenvalue weighted by atomic mass is 10.1. The Kier molecular flexibility index (Phi) is 5.44. The van der Waals surface area contributed by atoms with Crippen LogP contribution in [0.3, 0.4) is 0 Å². The fraction of sp³-hybridized carbons (Fsp3) is 0.160. The van der Waals surface area contributed by atoms with Gasteiger partial charge in [-0.2, -0.15) is 0 Å². The molecule has 2 heterocycles. The molecule has 2 aromatic carbocycles. The first kappa shape index (κ1) is 19.6. The van der Waals surface area contributed by atoms with E-state index in [0.717, 1.165) is 22.1 Å². The average molecular weight is 397 g/mol. The highest BCUT2D eigenvalue weighted by atomic mass is 16.2.